The van der Waals surface area contributed by atoms with Crippen LogP contribution in [0.4, 0.5) is 13.2 Å². The summed E-state index contributed by atoms with van der Waals surface area (Å²) in [6, 6.07) is 3.71. The monoisotopic (exact) mass is 318 g/mol. The number of halogens is 4. The van der Waals surface area contributed by atoms with Crippen molar-refractivity contribution < 1.29 is 13.2 Å². The van der Waals surface area contributed by atoms with E-state index in [9.17, 15) is 13.2 Å². The van der Waals surface area contributed by atoms with Gasteiger partial charge in [-0.2, -0.15) is 13.2 Å². The van der Waals surface area contributed by atoms with Gasteiger partial charge in [-0.05, 0) is 42.5 Å². The molecule has 0 unspecified atom stereocenters. The molecule has 1 heterocycles. The van der Waals surface area contributed by atoms with Crippen LogP contribution in [0, 0.1) is 5.92 Å². The van der Waals surface area contributed by atoms with Gasteiger partial charge >= 0.3 is 6.18 Å². The molecule has 6 heteroatoms. The summed E-state index contributed by atoms with van der Waals surface area (Å²) in [4.78, 5) is 2.27. The molecule has 2 aliphatic rings. The van der Waals surface area contributed by atoms with E-state index >= 15 is 0 Å². The van der Waals surface area contributed by atoms with Crippen LogP contribution in [0.5, 0.6) is 0 Å². The molecule has 1 atom stereocenters. The van der Waals surface area contributed by atoms with Crippen LogP contribution in [0.15, 0.2) is 18.2 Å². The van der Waals surface area contributed by atoms with Crippen molar-refractivity contribution in [3.63, 3.8) is 0 Å². The zero-order valence-electron chi connectivity index (χ0n) is 11.6. The molecule has 1 N–H and O–H groups in total. The molecule has 0 aromatic heterocycles. The van der Waals surface area contributed by atoms with Gasteiger partial charge < -0.3 is 5.32 Å². The first-order valence-corrected chi connectivity index (χ1v) is 7.66. The number of nitrogens with one attached hydrogen (secondary N) is 1. The Morgan fingerprint density at radius 2 is 1.86 bits per heavy atom. The Kier molecular flexibility index (Phi) is 4.17. The Bertz CT molecular complexity index is 508. The van der Waals surface area contributed by atoms with E-state index in [1.165, 1.54) is 12.1 Å². The number of alkyl halides is 3. The first kappa shape index (κ1) is 15.1. The molecular weight excluding hydrogens is 301 g/mol. The predicted molar refractivity (Wildman–Crippen MR) is 76.4 cm³/mol. The van der Waals surface area contributed by atoms with Gasteiger partial charge in [-0.1, -0.05) is 11.6 Å². The molecule has 1 aliphatic carbocycles. The topological polar surface area (TPSA) is 15.3 Å². The zero-order valence-corrected chi connectivity index (χ0v) is 12.3. The summed E-state index contributed by atoms with van der Waals surface area (Å²) in [5.74, 6) is 0.434. The summed E-state index contributed by atoms with van der Waals surface area (Å²) in [6.07, 6.45) is -2.18. The molecule has 116 valence electrons. The minimum Gasteiger partial charge on any atom is -0.314 e. The lowest BCUT2D eigenvalue weighted by molar-refractivity contribution is -0.137. The molecule has 0 bridgehead atoms. The van der Waals surface area contributed by atoms with Crippen LogP contribution in [-0.2, 0) is 6.18 Å². The van der Waals surface area contributed by atoms with E-state index in [4.69, 9.17) is 11.6 Å². The normalized spacial score (nSPS) is 22.3. The third-order valence-electron chi connectivity index (χ3n) is 4.26. The van der Waals surface area contributed by atoms with E-state index in [2.05, 4.69) is 10.2 Å². The van der Waals surface area contributed by atoms with Crippen LogP contribution in [0.3, 0.4) is 0 Å². The van der Waals surface area contributed by atoms with Gasteiger partial charge in [0.1, 0.15) is 0 Å². The molecule has 21 heavy (non-hydrogen) atoms. The molecule has 1 aromatic carbocycles. The van der Waals surface area contributed by atoms with Crippen molar-refractivity contribution >= 4 is 11.6 Å². The molecule has 1 aliphatic heterocycles. The third kappa shape index (κ3) is 3.35. The molecule has 0 radical (unpaired) electrons. The third-order valence-corrected chi connectivity index (χ3v) is 4.60. The standard InChI is InChI=1S/C15H18ClF3N2/c16-13-4-3-11(15(17,18)19)9-12(13)14(10-1-2-10)21-7-5-20-6-8-21/h3-4,9-10,14,20H,1-2,5-8H2/t14-/m1/s1. The van der Waals surface area contributed by atoms with Crippen LogP contribution in [0.1, 0.15) is 30.0 Å². The van der Waals surface area contributed by atoms with E-state index < -0.39 is 11.7 Å². The Labute approximate surface area is 127 Å². The van der Waals surface area contributed by atoms with Gasteiger partial charge in [0.2, 0.25) is 0 Å². The van der Waals surface area contributed by atoms with Gasteiger partial charge in [-0.25, -0.2) is 0 Å². The van der Waals surface area contributed by atoms with E-state index in [1.54, 1.807) is 0 Å². The van der Waals surface area contributed by atoms with Crippen LogP contribution in [0.25, 0.3) is 0 Å². The molecule has 3 rings (SSSR count). The van der Waals surface area contributed by atoms with Crippen molar-refractivity contribution in [3.8, 4) is 0 Å². The Balaban J connectivity index is 1.94. The van der Waals surface area contributed by atoms with Gasteiger partial charge in [0, 0.05) is 37.2 Å². The quantitative estimate of drug-likeness (QED) is 0.914. The minimum absolute atomic E-state index is 0.0156. The number of hydrogen-bond donors (Lipinski definition) is 1. The first-order chi connectivity index (χ1) is 9.97. The van der Waals surface area contributed by atoms with Gasteiger partial charge in [0.15, 0.2) is 0 Å². The highest BCUT2D eigenvalue weighted by Crippen LogP contribution is 2.47. The molecule has 1 saturated heterocycles. The molecular formula is C15H18ClF3N2. The van der Waals surface area contributed by atoms with Crippen LogP contribution in [-0.4, -0.2) is 31.1 Å². The smallest absolute Gasteiger partial charge is 0.314 e. The minimum atomic E-state index is -4.32. The largest absolute Gasteiger partial charge is 0.416 e. The first-order valence-electron chi connectivity index (χ1n) is 7.28. The van der Waals surface area contributed by atoms with Gasteiger partial charge in [-0.15, -0.1) is 0 Å². The Hall–Kier alpha value is -0.780. The van der Waals surface area contributed by atoms with E-state index in [1.807, 2.05) is 0 Å². The molecule has 2 nitrogen and oxygen atoms in total. The molecule has 1 aromatic rings. The van der Waals surface area contributed by atoms with Crippen molar-refractivity contribution in [2.24, 2.45) is 5.92 Å². The lowest BCUT2D eigenvalue weighted by Crippen LogP contribution is -2.45. The molecule has 0 amide bonds. The second kappa shape index (κ2) is 5.78. The average Bonchev–Trinajstić information content (AvgIpc) is 3.26. The van der Waals surface area contributed by atoms with Crippen molar-refractivity contribution in [1.29, 1.82) is 0 Å². The second-order valence-electron chi connectivity index (χ2n) is 5.80. The highest BCUT2D eigenvalue weighted by Gasteiger charge is 2.39. The summed E-state index contributed by atoms with van der Waals surface area (Å²) in [6.45, 7) is 3.46. The van der Waals surface area contributed by atoms with Crippen molar-refractivity contribution in [1.82, 2.24) is 10.2 Å². The predicted octanol–water partition coefficient (Wildman–Crippen LogP) is 3.72. The van der Waals surface area contributed by atoms with E-state index in [0.29, 0.717) is 16.5 Å². The molecule has 2 fully saturated rings. The SMILES string of the molecule is FC(F)(F)c1ccc(Cl)c([C@@H](C2CC2)N2CCNCC2)c1. The summed E-state index contributed by atoms with van der Waals surface area (Å²) >= 11 is 6.22. The summed E-state index contributed by atoms with van der Waals surface area (Å²) < 4.78 is 38.9. The van der Waals surface area contributed by atoms with Crippen LogP contribution >= 0.6 is 11.6 Å². The van der Waals surface area contributed by atoms with E-state index in [-0.39, 0.29) is 6.04 Å². The highest BCUT2D eigenvalue weighted by molar-refractivity contribution is 6.31. The number of rotatable bonds is 3. The maximum absolute atomic E-state index is 13.0. The van der Waals surface area contributed by atoms with E-state index in [0.717, 1.165) is 45.1 Å². The maximum Gasteiger partial charge on any atom is 0.416 e. The Morgan fingerprint density at radius 3 is 2.43 bits per heavy atom. The number of hydrogen-bond acceptors (Lipinski definition) is 2. The lowest BCUT2D eigenvalue weighted by atomic mass is 9.97. The maximum atomic E-state index is 13.0. The fourth-order valence-corrected chi connectivity index (χ4v) is 3.30. The van der Waals surface area contributed by atoms with Gasteiger partial charge in [-0.3, -0.25) is 4.90 Å². The Morgan fingerprint density at radius 1 is 1.19 bits per heavy atom. The fraction of sp³-hybridized carbons (Fsp3) is 0.600. The van der Waals surface area contributed by atoms with Gasteiger partial charge in [0.25, 0.3) is 0 Å². The van der Waals surface area contributed by atoms with Crippen LogP contribution < -0.4 is 5.32 Å². The van der Waals surface area contributed by atoms with Crippen molar-refractivity contribution in [2.45, 2.75) is 25.1 Å². The zero-order chi connectivity index (χ0) is 15.0. The van der Waals surface area contributed by atoms with Gasteiger partial charge in [0.05, 0.1) is 5.56 Å². The van der Waals surface area contributed by atoms with Crippen molar-refractivity contribution in [3.05, 3.63) is 34.3 Å². The highest BCUT2D eigenvalue weighted by atomic mass is 35.5. The lowest BCUT2D eigenvalue weighted by Gasteiger charge is -2.36. The summed E-state index contributed by atoms with van der Waals surface area (Å²) in [5.41, 5.74) is 0.0265. The fourth-order valence-electron chi connectivity index (χ4n) is 3.07. The average molecular weight is 319 g/mol. The summed E-state index contributed by atoms with van der Waals surface area (Å²) in [7, 11) is 0. The number of nitrogens with zero attached hydrogens (tertiary/aromatic N) is 1. The second-order valence-corrected chi connectivity index (χ2v) is 6.21. The number of benzene rings is 1. The molecule has 0 spiro atoms. The summed E-state index contributed by atoms with van der Waals surface area (Å²) in [5, 5.41) is 3.72. The molecule has 1 saturated carbocycles. The van der Waals surface area contributed by atoms with Crippen LogP contribution in [0.2, 0.25) is 5.02 Å². The number of piperazine rings is 1. The van der Waals surface area contributed by atoms with Crippen molar-refractivity contribution in [2.75, 3.05) is 26.2 Å².